The third-order valence-corrected chi connectivity index (χ3v) is 6.67. The van der Waals surface area contributed by atoms with Crippen molar-refractivity contribution in [3.8, 4) is 11.1 Å². The summed E-state index contributed by atoms with van der Waals surface area (Å²) in [5.41, 5.74) is 8.36. The van der Waals surface area contributed by atoms with E-state index in [1.165, 1.54) is 49.4 Å². The Balaban J connectivity index is 2.18. The van der Waals surface area contributed by atoms with Gasteiger partial charge in [-0.1, -0.05) is 142 Å². The van der Waals surface area contributed by atoms with Crippen molar-refractivity contribution in [3.05, 3.63) is 145 Å². The molecule has 0 saturated heterocycles. The molecule has 37 heavy (non-hydrogen) atoms. The minimum absolute atomic E-state index is 0.469. The number of fused-ring (bicyclic) bond motifs is 2. The van der Waals surface area contributed by atoms with Gasteiger partial charge in [0, 0.05) is 0 Å². The molecule has 4 aromatic carbocycles. The van der Waals surface area contributed by atoms with Gasteiger partial charge in [0.15, 0.2) is 0 Å². The summed E-state index contributed by atoms with van der Waals surface area (Å²) in [5.74, 6) is 0.469. The van der Waals surface area contributed by atoms with Crippen LogP contribution in [0.2, 0.25) is 0 Å². The minimum Gasteiger partial charge on any atom is -0.0991 e. The smallest absolute Gasteiger partial charge is 0.00203 e. The van der Waals surface area contributed by atoms with Crippen LogP contribution in [0.3, 0.4) is 0 Å². The lowest BCUT2D eigenvalue weighted by Gasteiger charge is -2.21. The van der Waals surface area contributed by atoms with Crippen LogP contribution in [0.4, 0.5) is 0 Å². The van der Waals surface area contributed by atoms with Crippen LogP contribution in [0, 0.1) is 12.8 Å². The Kier molecular flexibility index (Phi) is 8.21. The first-order valence-electron chi connectivity index (χ1n) is 13.0. The maximum absolute atomic E-state index is 4.47. The van der Waals surface area contributed by atoms with Gasteiger partial charge < -0.3 is 0 Å². The molecule has 0 amide bonds. The molecule has 0 bridgehead atoms. The monoisotopic (exact) mass is 480 g/mol. The van der Waals surface area contributed by atoms with E-state index in [-0.39, 0.29) is 0 Å². The number of aryl methyl sites for hydroxylation is 1. The predicted octanol–water partition coefficient (Wildman–Crippen LogP) is 10.9. The molecule has 0 heteroatoms. The molecule has 0 unspecified atom stereocenters. The Morgan fingerprint density at radius 2 is 1.43 bits per heavy atom. The molecule has 0 N–H and O–H groups in total. The van der Waals surface area contributed by atoms with Crippen molar-refractivity contribution in [2.24, 2.45) is 5.92 Å². The van der Waals surface area contributed by atoms with Crippen LogP contribution in [-0.2, 0) is 0 Å². The fourth-order valence-electron chi connectivity index (χ4n) is 4.99. The van der Waals surface area contributed by atoms with Crippen LogP contribution in [0.15, 0.2) is 128 Å². The van der Waals surface area contributed by atoms with Gasteiger partial charge in [-0.3, -0.25) is 0 Å². The quantitative estimate of drug-likeness (QED) is 0.174. The Morgan fingerprint density at radius 1 is 0.811 bits per heavy atom. The normalized spacial score (nSPS) is 12.6. The van der Waals surface area contributed by atoms with Crippen LogP contribution in [0.25, 0.3) is 44.3 Å². The van der Waals surface area contributed by atoms with Gasteiger partial charge in [-0.25, -0.2) is 0 Å². The first kappa shape index (κ1) is 25.9. The molecule has 0 aliphatic heterocycles. The van der Waals surface area contributed by atoms with Crippen LogP contribution >= 0.6 is 0 Å². The van der Waals surface area contributed by atoms with Gasteiger partial charge in [0.05, 0.1) is 0 Å². The van der Waals surface area contributed by atoms with E-state index >= 15 is 0 Å². The van der Waals surface area contributed by atoms with E-state index in [4.69, 9.17) is 0 Å². The van der Waals surface area contributed by atoms with E-state index < -0.39 is 0 Å². The number of hydrogen-bond donors (Lipinski definition) is 0. The molecule has 184 valence electrons. The molecule has 0 radical (unpaired) electrons. The van der Waals surface area contributed by atoms with E-state index in [9.17, 15) is 0 Å². The molecular weight excluding hydrogens is 444 g/mol. The summed E-state index contributed by atoms with van der Waals surface area (Å²) < 4.78 is 0. The summed E-state index contributed by atoms with van der Waals surface area (Å²) in [5, 5.41) is 4.93. The topological polar surface area (TPSA) is 0 Å². The average Bonchev–Trinajstić information content (AvgIpc) is 2.90. The number of allylic oxidation sites excluding steroid dienone is 9. The van der Waals surface area contributed by atoms with E-state index in [1.54, 1.807) is 6.08 Å². The summed E-state index contributed by atoms with van der Waals surface area (Å²) >= 11 is 0. The molecule has 0 nitrogen and oxygen atoms in total. The second kappa shape index (κ2) is 11.7. The standard InChI is InChI=1S/C37H36/c1-7-9-18-28(6)30(24-14-17-26(3)4)36-32-20-10-12-22-34(32)37(35-23-13-11-21-33(35)36)31-25-15-19-27(5)29(31)16-8-2/h7-26H,1,6H2,2-5H3/b16-8-,17-14-,18-9-,30-24+. The van der Waals surface area contributed by atoms with Crippen molar-refractivity contribution in [3.63, 3.8) is 0 Å². The third kappa shape index (κ3) is 5.34. The second-order valence-corrected chi connectivity index (χ2v) is 9.71. The molecule has 0 aromatic heterocycles. The molecule has 0 aliphatic carbocycles. The van der Waals surface area contributed by atoms with Gasteiger partial charge in [0.25, 0.3) is 0 Å². The molecule has 4 aromatic rings. The van der Waals surface area contributed by atoms with Gasteiger partial charge in [-0.05, 0) is 80.3 Å². The SMILES string of the molecule is C=C/C=C\C(=C)/C(=C\C=C/C(C)C)c1c2ccccc2c(-c2cccc(C)c2/C=C\C)c2ccccc12. The van der Waals surface area contributed by atoms with Crippen molar-refractivity contribution in [2.75, 3.05) is 0 Å². The van der Waals surface area contributed by atoms with E-state index in [0.717, 1.165) is 11.1 Å². The molecule has 0 fully saturated rings. The van der Waals surface area contributed by atoms with Crippen molar-refractivity contribution < 1.29 is 0 Å². The highest BCUT2D eigenvalue weighted by Gasteiger charge is 2.19. The Labute approximate surface area is 222 Å². The maximum Gasteiger partial charge on any atom is -0.00203 e. The largest absolute Gasteiger partial charge is 0.0991 e. The fourth-order valence-corrected chi connectivity index (χ4v) is 4.99. The highest BCUT2D eigenvalue weighted by molar-refractivity contribution is 6.20. The van der Waals surface area contributed by atoms with Gasteiger partial charge in [-0.2, -0.15) is 0 Å². The van der Waals surface area contributed by atoms with Crippen molar-refractivity contribution >= 4 is 33.2 Å². The zero-order valence-electron chi connectivity index (χ0n) is 22.5. The molecular formula is C37H36. The van der Waals surface area contributed by atoms with E-state index in [2.05, 4.69) is 138 Å². The first-order valence-corrected chi connectivity index (χ1v) is 13.0. The van der Waals surface area contributed by atoms with Gasteiger partial charge in [0.1, 0.15) is 0 Å². The van der Waals surface area contributed by atoms with Crippen LogP contribution in [0.5, 0.6) is 0 Å². The van der Waals surface area contributed by atoms with Crippen LogP contribution in [0.1, 0.15) is 37.5 Å². The van der Waals surface area contributed by atoms with Crippen molar-refractivity contribution in [1.82, 2.24) is 0 Å². The zero-order chi connectivity index (χ0) is 26.4. The van der Waals surface area contributed by atoms with E-state index in [1.807, 2.05) is 12.2 Å². The van der Waals surface area contributed by atoms with Crippen LogP contribution < -0.4 is 0 Å². The van der Waals surface area contributed by atoms with Crippen molar-refractivity contribution in [2.45, 2.75) is 27.7 Å². The highest BCUT2D eigenvalue weighted by atomic mass is 14.2. The molecule has 0 atom stereocenters. The lowest BCUT2D eigenvalue weighted by atomic mass is 9.82. The Morgan fingerprint density at radius 3 is 2.00 bits per heavy atom. The predicted molar refractivity (Wildman–Crippen MR) is 167 cm³/mol. The Bertz CT molecular complexity index is 1520. The summed E-state index contributed by atoms with van der Waals surface area (Å²) in [6, 6.07) is 24.2. The zero-order valence-corrected chi connectivity index (χ0v) is 22.5. The maximum atomic E-state index is 4.47. The minimum atomic E-state index is 0.469. The van der Waals surface area contributed by atoms with Crippen molar-refractivity contribution in [1.29, 1.82) is 0 Å². The van der Waals surface area contributed by atoms with Gasteiger partial charge in [0.2, 0.25) is 0 Å². The van der Waals surface area contributed by atoms with Gasteiger partial charge in [-0.15, -0.1) is 0 Å². The first-order chi connectivity index (χ1) is 18.0. The fraction of sp³-hybridized carbons (Fsp3) is 0.135. The van der Waals surface area contributed by atoms with Gasteiger partial charge >= 0.3 is 0 Å². The summed E-state index contributed by atoms with van der Waals surface area (Å²) in [6.07, 6.45) is 16.7. The summed E-state index contributed by atoms with van der Waals surface area (Å²) in [7, 11) is 0. The lowest BCUT2D eigenvalue weighted by molar-refractivity contribution is 0.832. The molecule has 0 spiro atoms. The summed E-state index contributed by atoms with van der Waals surface area (Å²) in [6.45, 7) is 17.0. The number of rotatable bonds is 8. The second-order valence-electron chi connectivity index (χ2n) is 9.71. The average molecular weight is 481 g/mol. The lowest BCUT2D eigenvalue weighted by Crippen LogP contribution is -1.96. The third-order valence-electron chi connectivity index (χ3n) is 6.67. The van der Waals surface area contributed by atoms with Crippen LogP contribution in [-0.4, -0.2) is 0 Å². The Hall–Kier alpha value is -4.16. The highest BCUT2D eigenvalue weighted by Crippen LogP contribution is 2.44. The molecule has 0 heterocycles. The number of hydrogen-bond acceptors (Lipinski definition) is 0. The summed E-state index contributed by atoms with van der Waals surface area (Å²) in [4.78, 5) is 0. The molecule has 4 rings (SSSR count). The number of benzene rings is 4. The van der Waals surface area contributed by atoms with E-state index in [0.29, 0.717) is 5.92 Å². The molecule has 0 saturated carbocycles. The molecule has 0 aliphatic rings.